The lowest BCUT2D eigenvalue weighted by Crippen LogP contribution is -2.53. The molecule has 0 radical (unpaired) electrons. The van der Waals surface area contributed by atoms with E-state index in [0.29, 0.717) is 11.4 Å². The second-order valence-corrected chi connectivity index (χ2v) is 10.0. The molecule has 3 N–H and O–H groups in total. The molecule has 0 fully saturated rings. The second-order valence-electron chi connectivity index (χ2n) is 8.59. The van der Waals surface area contributed by atoms with E-state index >= 15 is 0 Å². The lowest BCUT2D eigenvalue weighted by molar-refractivity contribution is -0.120. The third kappa shape index (κ3) is 8.34. The van der Waals surface area contributed by atoms with Crippen molar-refractivity contribution in [2.45, 2.75) is 25.8 Å². The Bertz CT molecular complexity index is 1360. The highest BCUT2D eigenvalue weighted by molar-refractivity contribution is 7.91. The van der Waals surface area contributed by atoms with Crippen LogP contribution in [0.1, 0.15) is 18.1 Å². The van der Waals surface area contributed by atoms with Crippen LogP contribution in [0.25, 0.3) is 0 Å². The van der Waals surface area contributed by atoms with Gasteiger partial charge in [0.05, 0.1) is 12.8 Å². The second kappa shape index (κ2) is 12.7. The molecule has 0 bridgehead atoms. The summed E-state index contributed by atoms with van der Waals surface area (Å²) in [5.74, 6) is 0.161. The quantitative estimate of drug-likeness (QED) is 0.344. The zero-order valence-corrected chi connectivity index (χ0v) is 22.1. The van der Waals surface area contributed by atoms with Crippen LogP contribution in [0.4, 0.5) is 16.2 Å². The van der Waals surface area contributed by atoms with Crippen LogP contribution < -0.4 is 24.4 Å². The normalized spacial score (nSPS) is 11.7. The Morgan fingerprint density at radius 1 is 0.895 bits per heavy atom. The summed E-state index contributed by atoms with van der Waals surface area (Å²) in [5.41, 5.74) is 2.28. The molecule has 0 spiro atoms. The zero-order chi connectivity index (χ0) is 27.7. The number of methoxy groups -OCH3 is 1. The van der Waals surface area contributed by atoms with Crippen LogP contribution >= 0.6 is 0 Å². The molecule has 3 amide bonds. The minimum Gasteiger partial charge on any atom is -0.497 e. The van der Waals surface area contributed by atoms with Crippen LogP contribution in [0.3, 0.4) is 0 Å². The Kier molecular flexibility index (Phi) is 9.44. The van der Waals surface area contributed by atoms with E-state index in [2.05, 4.69) is 10.0 Å². The smallest absolute Gasteiger partial charge is 0.330 e. The molecule has 0 aliphatic rings. The van der Waals surface area contributed by atoms with Crippen molar-refractivity contribution in [3.8, 4) is 5.75 Å². The Balaban J connectivity index is 1.71. The molecule has 3 aromatic rings. The summed E-state index contributed by atoms with van der Waals surface area (Å²) < 4.78 is 34.4. The van der Waals surface area contributed by atoms with E-state index in [1.165, 1.54) is 31.1 Å². The topological polar surface area (TPSA) is 134 Å². The van der Waals surface area contributed by atoms with Gasteiger partial charge in [0.15, 0.2) is 0 Å². The summed E-state index contributed by atoms with van der Waals surface area (Å²) in [4.78, 5) is 38.7. The van der Waals surface area contributed by atoms with Crippen LogP contribution in [0.2, 0.25) is 0 Å². The fourth-order valence-electron chi connectivity index (χ4n) is 3.69. The van der Waals surface area contributed by atoms with Crippen LogP contribution in [-0.4, -0.2) is 46.3 Å². The number of rotatable bonds is 11. The summed E-state index contributed by atoms with van der Waals surface area (Å²) in [6.45, 7) is 1.46. The van der Waals surface area contributed by atoms with Gasteiger partial charge in [-0.15, -0.1) is 0 Å². The van der Waals surface area contributed by atoms with Gasteiger partial charge in [-0.3, -0.25) is 14.3 Å². The average molecular weight is 539 g/mol. The molecule has 1 atom stereocenters. The van der Waals surface area contributed by atoms with Gasteiger partial charge >= 0.3 is 16.2 Å². The molecule has 38 heavy (non-hydrogen) atoms. The summed E-state index contributed by atoms with van der Waals surface area (Å²) in [6.07, 6.45) is 0.369. The first-order valence-electron chi connectivity index (χ1n) is 11.7. The maximum absolute atomic E-state index is 13.4. The van der Waals surface area contributed by atoms with Gasteiger partial charge in [0, 0.05) is 25.6 Å². The van der Waals surface area contributed by atoms with E-state index in [1.54, 1.807) is 67.7 Å². The largest absolute Gasteiger partial charge is 0.497 e. The van der Waals surface area contributed by atoms with Gasteiger partial charge in [0.1, 0.15) is 17.6 Å². The highest BCUT2D eigenvalue weighted by Gasteiger charge is 2.27. The SMILES string of the molecule is COc1ccc(N(C)C(=O)[C@H](Cc2ccccc2)NC(=O)NS(=O)(=O)Nc2ccc(CC(C)=O)cc2)cc1. The van der Waals surface area contributed by atoms with Crippen molar-refractivity contribution in [2.24, 2.45) is 0 Å². The van der Waals surface area contributed by atoms with Crippen LogP contribution in [0.15, 0.2) is 78.9 Å². The van der Waals surface area contributed by atoms with Crippen molar-refractivity contribution in [3.63, 3.8) is 0 Å². The first-order chi connectivity index (χ1) is 18.1. The van der Waals surface area contributed by atoms with E-state index in [0.717, 1.165) is 11.1 Å². The lowest BCUT2D eigenvalue weighted by Gasteiger charge is -2.25. The molecule has 0 heterocycles. The van der Waals surface area contributed by atoms with E-state index in [1.807, 2.05) is 10.8 Å². The van der Waals surface area contributed by atoms with Crippen LogP contribution in [0.5, 0.6) is 5.75 Å². The van der Waals surface area contributed by atoms with Crippen molar-refractivity contribution < 1.29 is 27.5 Å². The number of nitrogens with zero attached hydrogens (tertiary/aromatic N) is 1. The number of carbonyl (C=O) groups is 3. The van der Waals surface area contributed by atoms with Gasteiger partial charge in [-0.1, -0.05) is 42.5 Å². The number of likely N-dealkylation sites (N-methyl/N-ethyl adjacent to an activating group) is 1. The van der Waals surface area contributed by atoms with Crippen LogP contribution in [-0.2, 0) is 32.6 Å². The number of benzene rings is 3. The molecule has 0 saturated carbocycles. The maximum Gasteiger partial charge on any atom is 0.330 e. The third-order valence-corrected chi connectivity index (χ3v) is 6.52. The maximum atomic E-state index is 13.4. The highest BCUT2D eigenvalue weighted by atomic mass is 32.2. The zero-order valence-electron chi connectivity index (χ0n) is 21.3. The number of Topliss-reactive ketones (excluding diaryl/α,β-unsaturated/α-hetero) is 1. The van der Waals surface area contributed by atoms with Crippen molar-refractivity contribution in [1.29, 1.82) is 0 Å². The molecule has 3 rings (SSSR count). The van der Waals surface area contributed by atoms with Crippen molar-refractivity contribution >= 4 is 39.3 Å². The standard InChI is InChI=1S/C27H30N4O6S/c1-19(32)17-21-9-11-22(12-10-21)29-38(35,36)30-27(34)28-25(18-20-7-5-4-6-8-20)26(33)31(2)23-13-15-24(37-3)16-14-23/h4-16,25,29H,17-18H2,1-3H3,(H2,28,30,34)/t25-/m0/s1. The molecule has 0 unspecified atom stereocenters. The molecule has 0 aliphatic heterocycles. The Morgan fingerprint density at radius 2 is 1.53 bits per heavy atom. The Labute approximate surface area is 222 Å². The van der Waals surface area contributed by atoms with Crippen molar-refractivity contribution in [1.82, 2.24) is 10.0 Å². The number of ether oxygens (including phenoxy) is 1. The van der Waals surface area contributed by atoms with Gasteiger partial charge in [0.25, 0.3) is 0 Å². The summed E-state index contributed by atoms with van der Waals surface area (Å²) in [5, 5.41) is 2.49. The molecule has 200 valence electrons. The molecule has 11 heteroatoms. The molecular formula is C27H30N4O6S. The van der Waals surface area contributed by atoms with Gasteiger partial charge in [-0.2, -0.15) is 8.42 Å². The van der Waals surface area contributed by atoms with E-state index in [-0.39, 0.29) is 24.3 Å². The number of nitrogens with one attached hydrogen (secondary N) is 3. The predicted octanol–water partition coefficient (Wildman–Crippen LogP) is 3.06. The molecule has 0 aromatic heterocycles. The molecule has 3 aromatic carbocycles. The molecular weight excluding hydrogens is 508 g/mol. The minimum atomic E-state index is -4.31. The monoisotopic (exact) mass is 538 g/mol. The third-order valence-electron chi connectivity index (χ3n) is 5.56. The van der Waals surface area contributed by atoms with Gasteiger partial charge in [-0.05, 0) is 54.4 Å². The first-order valence-corrected chi connectivity index (χ1v) is 13.2. The number of amides is 3. The van der Waals surface area contributed by atoms with E-state index in [9.17, 15) is 22.8 Å². The predicted molar refractivity (Wildman–Crippen MR) is 145 cm³/mol. The van der Waals surface area contributed by atoms with Crippen molar-refractivity contribution in [2.75, 3.05) is 23.8 Å². The average Bonchev–Trinajstić information content (AvgIpc) is 2.88. The van der Waals surface area contributed by atoms with Gasteiger partial charge < -0.3 is 15.0 Å². The number of hydrogen-bond acceptors (Lipinski definition) is 6. The van der Waals surface area contributed by atoms with E-state index < -0.39 is 28.2 Å². The fourth-order valence-corrected chi connectivity index (χ4v) is 4.49. The molecule has 0 aliphatic carbocycles. The van der Waals surface area contributed by atoms with E-state index in [4.69, 9.17) is 4.74 Å². The number of anilines is 2. The first kappa shape index (κ1) is 28.2. The number of urea groups is 1. The number of hydrogen-bond donors (Lipinski definition) is 3. The number of ketones is 1. The Morgan fingerprint density at radius 3 is 2.11 bits per heavy atom. The number of carbonyl (C=O) groups excluding carboxylic acids is 3. The van der Waals surface area contributed by atoms with Crippen molar-refractivity contribution in [3.05, 3.63) is 90.0 Å². The summed E-state index contributed by atoms with van der Waals surface area (Å²) in [6, 6.07) is 19.9. The minimum absolute atomic E-state index is 0.0195. The van der Waals surface area contributed by atoms with Crippen LogP contribution in [0, 0.1) is 0 Å². The lowest BCUT2D eigenvalue weighted by atomic mass is 10.0. The highest BCUT2D eigenvalue weighted by Crippen LogP contribution is 2.19. The molecule has 10 nitrogen and oxygen atoms in total. The Hall–Kier alpha value is -4.38. The molecule has 0 saturated heterocycles. The van der Waals surface area contributed by atoms with Gasteiger partial charge in [0.2, 0.25) is 5.91 Å². The van der Waals surface area contributed by atoms with Gasteiger partial charge in [-0.25, -0.2) is 9.52 Å². The summed E-state index contributed by atoms with van der Waals surface area (Å²) >= 11 is 0. The summed E-state index contributed by atoms with van der Waals surface area (Å²) in [7, 11) is -1.21. The fraction of sp³-hybridized carbons (Fsp3) is 0.222.